The van der Waals surface area contributed by atoms with Crippen molar-refractivity contribution >= 4 is 12.4 Å². The van der Waals surface area contributed by atoms with Gasteiger partial charge in [-0.05, 0) is 65.7 Å². The van der Waals surface area contributed by atoms with Crippen LogP contribution in [0.2, 0.25) is 0 Å². The molecule has 2 nitrogen and oxygen atoms in total. The van der Waals surface area contributed by atoms with Crippen molar-refractivity contribution in [2.75, 3.05) is 6.54 Å². The minimum Gasteiger partial charge on any atom is -0.265 e. The van der Waals surface area contributed by atoms with Crippen LogP contribution in [0.15, 0.2) is 65.3 Å². The number of hydrogen-bond donors (Lipinski definition) is 0. The van der Waals surface area contributed by atoms with Gasteiger partial charge in [0.2, 0.25) is 0 Å². The Balaban J connectivity index is 2.25. The van der Waals surface area contributed by atoms with Crippen LogP contribution in [-0.4, -0.2) is 18.3 Å². The summed E-state index contributed by atoms with van der Waals surface area (Å²) in [4.78, 5) is 0. The molecule has 0 spiro atoms. The second kappa shape index (κ2) is 10.8. The van der Waals surface area contributed by atoms with Crippen LogP contribution in [0.4, 0.5) is 0 Å². The van der Waals surface area contributed by atoms with Crippen molar-refractivity contribution in [3.63, 3.8) is 0 Å². The predicted octanol–water partition coefficient (Wildman–Crippen LogP) is 7.99. The lowest BCUT2D eigenvalue weighted by Crippen LogP contribution is -2.23. The fraction of sp³-hybridized carbons (Fsp3) is 0.483. The molecule has 0 aliphatic rings. The van der Waals surface area contributed by atoms with Gasteiger partial charge in [-0.15, -0.1) is 0 Å². The summed E-state index contributed by atoms with van der Waals surface area (Å²) in [6.07, 6.45) is 4.56. The molecule has 0 saturated carbocycles. The van der Waals surface area contributed by atoms with E-state index in [1.54, 1.807) is 0 Å². The van der Waals surface area contributed by atoms with E-state index in [2.05, 4.69) is 120 Å². The van der Waals surface area contributed by atoms with Crippen LogP contribution in [0.3, 0.4) is 0 Å². The molecule has 0 fully saturated rings. The Labute approximate surface area is 191 Å². The van der Waals surface area contributed by atoms with Crippen molar-refractivity contribution in [1.82, 2.24) is 5.01 Å². The molecule has 2 aromatic carbocycles. The highest BCUT2D eigenvalue weighted by Gasteiger charge is 2.22. The molecule has 0 saturated heterocycles. The third-order valence-corrected chi connectivity index (χ3v) is 6.04. The van der Waals surface area contributed by atoms with Crippen molar-refractivity contribution in [2.24, 2.45) is 15.9 Å². The topological polar surface area (TPSA) is 15.6 Å². The maximum Gasteiger partial charge on any atom is 0.0660 e. The van der Waals surface area contributed by atoms with Crippen LogP contribution in [0.5, 0.6) is 0 Å². The molecule has 0 aliphatic carbocycles. The van der Waals surface area contributed by atoms with Crippen molar-refractivity contribution < 1.29 is 0 Å². The fourth-order valence-corrected chi connectivity index (χ4v) is 3.84. The molecule has 0 amide bonds. The average molecular weight is 419 g/mol. The van der Waals surface area contributed by atoms with Crippen molar-refractivity contribution in [1.29, 1.82) is 0 Å². The average Bonchev–Trinajstić information content (AvgIpc) is 2.70. The highest BCUT2D eigenvalue weighted by molar-refractivity contribution is 5.68. The lowest BCUT2D eigenvalue weighted by molar-refractivity contribution is 0.365. The molecule has 2 heteroatoms. The highest BCUT2D eigenvalue weighted by atomic mass is 15.4. The van der Waals surface area contributed by atoms with Crippen molar-refractivity contribution in [3.8, 4) is 0 Å². The van der Waals surface area contributed by atoms with Gasteiger partial charge in [-0.1, -0.05) is 96.1 Å². The third-order valence-electron chi connectivity index (χ3n) is 6.04. The standard InChI is InChI=1S/C29H42N2/c1-23(29(5,6)7)27(26-17-10-9-11-18-26)31(30-8)22-20-25-16-13-12-15-24(25)19-14-21-28(2,3)4/h9-13,15-18H,8,14,19-22H2,1-7H3/b27-23+. The van der Waals surface area contributed by atoms with Gasteiger partial charge in [-0.3, -0.25) is 5.01 Å². The van der Waals surface area contributed by atoms with E-state index in [0.29, 0.717) is 5.41 Å². The fourth-order valence-electron chi connectivity index (χ4n) is 3.84. The maximum absolute atomic E-state index is 4.46. The summed E-state index contributed by atoms with van der Waals surface area (Å²) in [5.41, 5.74) is 7.02. The largest absolute Gasteiger partial charge is 0.265 e. The van der Waals surface area contributed by atoms with E-state index in [0.717, 1.165) is 19.4 Å². The van der Waals surface area contributed by atoms with E-state index in [1.165, 1.54) is 40.8 Å². The minimum absolute atomic E-state index is 0.0545. The monoisotopic (exact) mass is 418 g/mol. The molecule has 0 aromatic heterocycles. The molecule has 0 bridgehead atoms. The molecular formula is C29H42N2. The molecule has 0 aliphatic heterocycles. The van der Waals surface area contributed by atoms with E-state index in [1.807, 2.05) is 0 Å². The van der Waals surface area contributed by atoms with Crippen LogP contribution in [0, 0.1) is 10.8 Å². The molecule has 2 aromatic rings. The number of rotatable bonds is 9. The maximum atomic E-state index is 4.46. The van der Waals surface area contributed by atoms with E-state index in [4.69, 9.17) is 0 Å². The van der Waals surface area contributed by atoms with E-state index in [-0.39, 0.29) is 5.41 Å². The minimum atomic E-state index is 0.0545. The Kier molecular flexibility index (Phi) is 8.68. The first kappa shape index (κ1) is 24.9. The van der Waals surface area contributed by atoms with Gasteiger partial charge < -0.3 is 0 Å². The Morgan fingerprint density at radius 3 is 1.90 bits per heavy atom. The molecule has 0 N–H and O–H groups in total. The SMILES string of the molecule is C=NN(CCc1ccccc1CCCC(C)(C)C)/C(=C(\C)C(C)(C)C)c1ccccc1. The summed E-state index contributed by atoms with van der Waals surface area (Å²) >= 11 is 0. The molecule has 0 unspecified atom stereocenters. The van der Waals surface area contributed by atoms with Gasteiger partial charge in [0.05, 0.1) is 5.70 Å². The summed E-state index contributed by atoms with van der Waals surface area (Å²) in [6.45, 7) is 20.7. The Morgan fingerprint density at radius 1 is 0.839 bits per heavy atom. The van der Waals surface area contributed by atoms with E-state index >= 15 is 0 Å². The zero-order valence-corrected chi connectivity index (χ0v) is 20.8. The number of nitrogens with zero attached hydrogens (tertiary/aromatic N) is 2. The number of allylic oxidation sites excluding steroid dienone is 1. The van der Waals surface area contributed by atoms with Gasteiger partial charge in [0.15, 0.2) is 0 Å². The quantitative estimate of drug-likeness (QED) is 0.297. The first-order valence-corrected chi connectivity index (χ1v) is 11.6. The van der Waals surface area contributed by atoms with Crippen LogP contribution < -0.4 is 0 Å². The second-order valence-electron chi connectivity index (χ2n) is 10.8. The first-order chi connectivity index (χ1) is 14.5. The molecule has 168 valence electrons. The van der Waals surface area contributed by atoms with Gasteiger partial charge in [0.25, 0.3) is 0 Å². The zero-order valence-electron chi connectivity index (χ0n) is 20.8. The lowest BCUT2D eigenvalue weighted by atomic mass is 9.84. The van der Waals surface area contributed by atoms with Crippen LogP contribution >= 0.6 is 0 Å². The first-order valence-electron chi connectivity index (χ1n) is 11.6. The van der Waals surface area contributed by atoms with E-state index in [9.17, 15) is 0 Å². The number of hydrogen-bond acceptors (Lipinski definition) is 2. The van der Waals surface area contributed by atoms with Crippen LogP contribution in [-0.2, 0) is 12.8 Å². The Hall–Kier alpha value is -2.35. The van der Waals surface area contributed by atoms with Gasteiger partial charge in [0.1, 0.15) is 0 Å². The van der Waals surface area contributed by atoms with Crippen molar-refractivity contribution in [3.05, 3.63) is 76.9 Å². The summed E-state index contributed by atoms with van der Waals surface area (Å²) < 4.78 is 0. The van der Waals surface area contributed by atoms with Gasteiger partial charge in [-0.2, -0.15) is 5.10 Å². The second-order valence-corrected chi connectivity index (χ2v) is 10.8. The smallest absolute Gasteiger partial charge is 0.0660 e. The van der Waals surface area contributed by atoms with E-state index < -0.39 is 0 Å². The highest BCUT2D eigenvalue weighted by Crippen LogP contribution is 2.34. The van der Waals surface area contributed by atoms with Gasteiger partial charge in [-0.25, -0.2) is 0 Å². The summed E-state index contributed by atoms with van der Waals surface area (Å²) in [6, 6.07) is 19.5. The number of aryl methyl sites for hydroxylation is 1. The summed E-state index contributed by atoms with van der Waals surface area (Å²) in [5, 5.41) is 6.56. The van der Waals surface area contributed by atoms with Crippen LogP contribution in [0.25, 0.3) is 5.70 Å². The summed E-state index contributed by atoms with van der Waals surface area (Å²) in [5.74, 6) is 0. The normalized spacial score (nSPS) is 13.0. The van der Waals surface area contributed by atoms with Gasteiger partial charge >= 0.3 is 0 Å². The van der Waals surface area contributed by atoms with Gasteiger partial charge in [0, 0.05) is 13.3 Å². The Bertz CT molecular complexity index is 864. The zero-order chi connectivity index (χ0) is 23.1. The Morgan fingerprint density at radius 2 is 1.39 bits per heavy atom. The molecule has 31 heavy (non-hydrogen) atoms. The molecule has 0 heterocycles. The lowest BCUT2D eigenvalue weighted by Gasteiger charge is -2.30. The number of hydrazone groups is 1. The molecular weight excluding hydrogens is 376 g/mol. The molecule has 0 radical (unpaired) electrons. The molecule has 0 atom stereocenters. The van der Waals surface area contributed by atoms with Crippen molar-refractivity contribution in [2.45, 2.75) is 74.1 Å². The number of benzene rings is 2. The predicted molar refractivity (Wildman–Crippen MR) is 137 cm³/mol. The molecule has 2 rings (SSSR count). The van der Waals surface area contributed by atoms with Crippen LogP contribution in [0.1, 0.15) is 78.0 Å². The third kappa shape index (κ3) is 7.69. The summed E-state index contributed by atoms with van der Waals surface area (Å²) in [7, 11) is 0.